The monoisotopic (exact) mass is 486 g/mol. The van der Waals surface area contributed by atoms with Crippen LogP contribution in [-0.4, -0.2) is 57.6 Å². The van der Waals surface area contributed by atoms with Crippen molar-refractivity contribution in [1.82, 2.24) is 24.4 Å². The predicted octanol–water partition coefficient (Wildman–Crippen LogP) is 4.69. The minimum atomic E-state index is -0.273. The van der Waals surface area contributed by atoms with Gasteiger partial charge in [0.25, 0.3) is 0 Å². The fourth-order valence-corrected chi connectivity index (χ4v) is 5.15. The molecule has 4 heterocycles. The third kappa shape index (κ3) is 4.24. The molecule has 0 atom stereocenters. The van der Waals surface area contributed by atoms with Crippen molar-refractivity contribution in [3.8, 4) is 5.82 Å². The third-order valence-electron chi connectivity index (χ3n) is 7.32. The number of pyridine rings is 1. The third-order valence-corrected chi connectivity index (χ3v) is 7.32. The highest BCUT2D eigenvalue weighted by Crippen LogP contribution is 2.45. The van der Waals surface area contributed by atoms with Gasteiger partial charge >= 0.3 is 0 Å². The van der Waals surface area contributed by atoms with Gasteiger partial charge in [0.05, 0.1) is 11.1 Å². The highest BCUT2D eigenvalue weighted by atomic mass is 19.1. The van der Waals surface area contributed by atoms with Crippen molar-refractivity contribution in [1.29, 1.82) is 0 Å². The number of benzene rings is 1. The number of nitrogens with two attached hydrogens (primary N) is 1. The predicted molar refractivity (Wildman–Crippen MR) is 142 cm³/mol. The lowest BCUT2D eigenvalue weighted by atomic mass is 10.0. The summed E-state index contributed by atoms with van der Waals surface area (Å²) < 4.78 is 17.2. The van der Waals surface area contributed by atoms with E-state index in [1.165, 1.54) is 18.5 Å². The summed E-state index contributed by atoms with van der Waals surface area (Å²) in [4.78, 5) is 18.3. The molecule has 4 aromatic rings. The Bertz CT molecular complexity index is 1390. The average molecular weight is 487 g/mol. The van der Waals surface area contributed by atoms with Crippen LogP contribution >= 0.6 is 0 Å². The van der Waals surface area contributed by atoms with Crippen LogP contribution in [0.1, 0.15) is 37.3 Å². The summed E-state index contributed by atoms with van der Waals surface area (Å²) in [7, 11) is 4.31. The Labute approximate surface area is 210 Å². The molecule has 186 valence electrons. The molecular formula is C27H31FN8. The molecule has 3 N–H and O–H groups in total. The van der Waals surface area contributed by atoms with Crippen LogP contribution in [-0.2, 0) is 0 Å². The molecule has 0 spiro atoms. The Morgan fingerprint density at radius 3 is 2.42 bits per heavy atom. The summed E-state index contributed by atoms with van der Waals surface area (Å²) in [6, 6.07) is 14.4. The first kappa shape index (κ1) is 22.7. The zero-order valence-electron chi connectivity index (χ0n) is 20.7. The smallest absolute Gasteiger partial charge is 0.229 e. The average Bonchev–Trinajstić information content (AvgIpc) is 3.68. The van der Waals surface area contributed by atoms with Crippen molar-refractivity contribution in [2.75, 3.05) is 43.1 Å². The van der Waals surface area contributed by atoms with Crippen molar-refractivity contribution in [3.63, 3.8) is 0 Å². The van der Waals surface area contributed by atoms with E-state index in [2.05, 4.69) is 51.3 Å². The van der Waals surface area contributed by atoms with Crippen LogP contribution in [0.25, 0.3) is 16.9 Å². The van der Waals surface area contributed by atoms with Crippen molar-refractivity contribution in [3.05, 3.63) is 60.2 Å². The van der Waals surface area contributed by atoms with Gasteiger partial charge in [-0.2, -0.15) is 4.98 Å². The zero-order valence-corrected chi connectivity index (χ0v) is 20.7. The molecule has 36 heavy (non-hydrogen) atoms. The van der Waals surface area contributed by atoms with Crippen LogP contribution in [0, 0.1) is 5.82 Å². The van der Waals surface area contributed by atoms with E-state index in [1.807, 2.05) is 24.3 Å². The number of hydrogen-bond donors (Lipinski definition) is 2. The molecule has 1 saturated carbocycles. The van der Waals surface area contributed by atoms with E-state index >= 15 is 4.39 Å². The molecule has 9 heteroatoms. The first-order valence-corrected chi connectivity index (χ1v) is 12.6. The molecule has 0 amide bonds. The van der Waals surface area contributed by atoms with E-state index in [-0.39, 0.29) is 11.7 Å². The Morgan fingerprint density at radius 2 is 1.75 bits per heavy atom. The van der Waals surface area contributed by atoms with Gasteiger partial charge in [-0.1, -0.05) is 6.07 Å². The maximum absolute atomic E-state index is 15.4. The Kier molecular flexibility index (Phi) is 5.72. The lowest BCUT2D eigenvalue weighted by Gasteiger charge is -2.36. The van der Waals surface area contributed by atoms with Crippen molar-refractivity contribution >= 4 is 34.2 Å². The quantitative estimate of drug-likeness (QED) is 0.409. The van der Waals surface area contributed by atoms with Gasteiger partial charge in [0.2, 0.25) is 5.95 Å². The highest BCUT2D eigenvalue weighted by Gasteiger charge is 2.34. The fourth-order valence-electron chi connectivity index (χ4n) is 5.15. The number of fused-ring (bicyclic) bond motifs is 1. The first-order chi connectivity index (χ1) is 17.5. The number of rotatable bonds is 6. The number of hydrogen-bond acceptors (Lipinski definition) is 7. The van der Waals surface area contributed by atoms with Crippen LogP contribution in [0.4, 0.5) is 27.5 Å². The van der Waals surface area contributed by atoms with E-state index in [4.69, 9.17) is 10.7 Å². The second-order valence-electron chi connectivity index (χ2n) is 10.0. The van der Waals surface area contributed by atoms with Gasteiger partial charge in [-0.05, 0) is 76.2 Å². The molecule has 8 nitrogen and oxygen atoms in total. The van der Waals surface area contributed by atoms with Gasteiger partial charge in [0.15, 0.2) is 11.5 Å². The summed E-state index contributed by atoms with van der Waals surface area (Å²) in [5.74, 6) is 1.25. The van der Waals surface area contributed by atoms with Crippen molar-refractivity contribution < 1.29 is 4.39 Å². The first-order valence-electron chi connectivity index (χ1n) is 12.6. The van der Waals surface area contributed by atoms with Gasteiger partial charge in [-0.25, -0.2) is 14.4 Å². The van der Waals surface area contributed by atoms with E-state index in [0.717, 1.165) is 31.6 Å². The molecule has 3 aromatic heterocycles. The molecule has 2 aliphatic rings. The van der Waals surface area contributed by atoms with Gasteiger partial charge in [-0.15, -0.1) is 0 Å². The summed E-state index contributed by atoms with van der Waals surface area (Å²) in [6.45, 7) is 2.11. The number of halogens is 1. The molecule has 1 aromatic carbocycles. The van der Waals surface area contributed by atoms with E-state index < -0.39 is 0 Å². The summed E-state index contributed by atoms with van der Waals surface area (Å²) in [5.41, 5.74) is 9.13. The summed E-state index contributed by atoms with van der Waals surface area (Å²) >= 11 is 0. The number of anilines is 4. The Balaban J connectivity index is 1.27. The SMILES string of the molecule is CN(C)C1CCN(c2ccc(Nc3ncc4c(F)c(C5CC5)n(-c5cccc(N)n5)c4n3)cc2)CC1. The topological polar surface area (TPSA) is 88.1 Å². The Morgan fingerprint density at radius 1 is 1.00 bits per heavy atom. The minimum absolute atomic E-state index is 0.161. The maximum Gasteiger partial charge on any atom is 0.229 e. The largest absolute Gasteiger partial charge is 0.384 e. The lowest BCUT2D eigenvalue weighted by Crippen LogP contribution is -2.41. The molecule has 1 aliphatic carbocycles. The van der Waals surface area contributed by atoms with Gasteiger partial charge < -0.3 is 20.9 Å². The normalized spacial score (nSPS) is 16.7. The molecular weight excluding hydrogens is 455 g/mol. The summed E-state index contributed by atoms with van der Waals surface area (Å²) in [5, 5.41) is 3.68. The molecule has 1 aliphatic heterocycles. The van der Waals surface area contributed by atoms with Crippen LogP contribution < -0.4 is 16.0 Å². The van der Waals surface area contributed by atoms with Gasteiger partial charge in [-0.3, -0.25) is 4.57 Å². The molecule has 1 saturated heterocycles. The number of piperidine rings is 1. The highest BCUT2D eigenvalue weighted by molar-refractivity contribution is 5.81. The van der Waals surface area contributed by atoms with Crippen LogP contribution in [0.5, 0.6) is 0 Å². The molecule has 6 rings (SSSR count). The number of aromatic nitrogens is 4. The maximum atomic E-state index is 15.4. The van der Waals surface area contributed by atoms with E-state index in [9.17, 15) is 0 Å². The van der Waals surface area contributed by atoms with Gasteiger partial charge in [0, 0.05) is 42.6 Å². The van der Waals surface area contributed by atoms with E-state index in [1.54, 1.807) is 16.8 Å². The standard InChI is InChI=1S/C27H31FN8/c1-34(2)19-12-14-35(15-13-19)20-10-8-18(9-11-20)31-27-30-16-21-24(28)25(17-6-7-17)36(26(21)33-27)23-5-3-4-22(29)32-23/h3-5,8-11,16-17,19H,6-7,12-15H2,1-2H3,(H2,29,32)(H,30,31,33). The molecule has 0 bridgehead atoms. The fraction of sp³-hybridized carbons (Fsp3) is 0.370. The zero-order chi connectivity index (χ0) is 24.8. The van der Waals surface area contributed by atoms with Crippen molar-refractivity contribution in [2.24, 2.45) is 0 Å². The van der Waals surface area contributed by atoms with Crippen LogP contribution in [0.2, 0.25) is 0 Å². The minimum Gasteiger partial charge on any atom is -0.384 e. The van der Waals surface area contributed by atoms with Crippen LogP contribution in [0.3, 0.4) is 0 Å². The van der Waals surface area contributed by atoms with Crippen LogP contribution in [0.15, 0.2) is 48.7 Å². The Hall–Kier alpha value is -3.72. The van der Waals surface area contributed by atoms with Gasteiger partial charge in [0.1, 0.15) is 11.6 Å². The second kappa shape index (κ2) is 9.05. The number of nitrogens with one attached hydrogen (secondary N) is 1. The number of nitrogen functional groups attached to an aromatic ring is 1. The van der Waals surface area contributed by atoms with Crippen molar-refractivity contribution in [2.45, 2.75) is 37.6 Å². The second-order valence-corrected chi connectivity index (χ2v) is 10.0. The molecule has 2 fully saturated rings. The lowest BCUT2D eigenvalue weighted by molar-refractivity contribution is 0.249. The summed E-state index contributed by atoms with van der Waals surface area (Å²) in [6.07, 6.45) is 5.79. The molecule has 0 unspecified atom stereocenters. The van der Waals surface area contributed by atoms with E-state index in [0.29, 0.717) is 40.4 Å². The molecule has 0 radical (unpaired) electrons. The number of nitrogens with zero attached hydrogens (tertiary/aromatic N) is 6.